The molecule has 1 aromatic heterocycles. The molecule has 0 aliphatic carbocycles. The molecule has 1 amide bonds. The summed E-state index contributed by atoms with van der Waals surface area (Å²) in [4.78, 5) is 11.6. The Bertz CT molecular complexity index is 294. The van der Waals surface area contributed by atoms with E-state index in [1.807, 2.05) is 0 Å². The van der Waals surface area contributed by atoms with Crippen LogP contribution in [0.4, 0.5) is 0 Å². The van der Waals surface area contributed by atoms with Crippen LogP contribution in [0.5, 0.6) is 0 Å². The zero-order valence-electron chi connectivity index (χ0n) is 8.16. The minimum Gasteiger partial charge on any atom is -0.356 e. The lowest BCUT2D eigenvalue weighted by molar-refractivity contribution is -0.124. The Morgan fingerprint density at radius 3 is 3.21 bits per heavy atom. The first-order valence-corrected chi connectivity index (χ1v) is 6.09. The minimum atomic E-state index is 0.201. The van der Waals surface area contributed by atoms with Crippen molar-refractivity contribution in [2.45, 2.75) is 25.7 Å². The van der Waals surface area contributed by atoms with E-state index < -0.39 is 0 Å². The van der Waals surface area contributed by atoms with Crippen LogP contribution in [-0.2, 0) is 11.2 Å². The average Bonchev–Trinajstić information content (AvgIpc) is 2.60. The van der Waals surface area contributed by atoms with Crippen molar-refractivity contribution in [1.29, 1.82) is 0 Å². The molecule has 0 saturated carbocycles. The molecule has 76 valence electrons. The smallest absolute Gasteiger partial charge is 0.223 e. The van der Waals surface area contributed by atoms with Gasteiger partial charge >= 0.3 is 0 Å². The lowest BCUT2D eigenvalue weighted by atomic mass is 9.96. The van der Waals surface area contributed by atoms with E-state index in [9.17, 15) is 4.79 Å². The highest BCUT2D eigenvalue weighted by Crippen LogP contribution is 2.19. The first-order valence-electron chi connectivity index (χ1n) is 5.15. The molecule has 0 radical (unpaired) electrons. The van der Waals surface area contributed by atoms with Crippen LogP contribution in [0.15, 0.2) is 16.8 Å². The standard InChI is InChI=1S/C11H15NOS/c13-11-10(3-1-2-5-12-11)7-9-4-6-14-8-9/h4,6,8,10H,1-3,5,7H2,(H,12,13). The van der Waals surface area contributed by atoms with Crippen LogP contribution in [-0.4, -0.2) is 12.5 Å². The van der Waals surface area contributed by atoms with Gasteiger partial charge in [-0.1, -0.05) is 6.42 Å². The number of amides is 1. The van der Waals surface area contributed by atoms with Crippen molar-refractivity contribution in [3.63, 3.8) is 0 Å². The number of hydrogen-bond donors (Lipinski definition) is 1. The second kappa shape index (κ2) is 4.60. The zero-order valence-corrected chi connectivity index (χ0v) is 8.98. The van der Waals surface area contributed by atoms with Gasteiger partial charge in [-0.05, 0) is 41.7 Å². The number of nitrogens with one attached hydrogen (secondary N) is 1. The van der Waals surface area contributed by atoms with E-state index in [1.54, 1.807) is 11.3 Å². The monoisotopic (exact) mass is 209 g/mol. The molecule has 2 nitrogen and oxygen atoms in total. The summed E-state index contributed by atoms with van der Waals surface area (Å²) in [6.45, 7) is 0.860. The normalized spacial score (nSPS) is 22.9. The van der Waals surface area contributed by atoms with Gasteiger partial charge in [-0.3, -0.25) is 4.79 Å². The van der Waals surface area contributed by atoms with Gasteiger partial charge in [0.2, 0.25) is 5.91 Å². The van der Waals surface area contributed by atoms with Crippen LogP contribution in [0, 0.1) is 5.92 Å². The quantitative estimate of drug-likeness (QED) is 0.795. The van der Waals surface area contributed by atoms with Crippen molar-refractivity contribution >= 4 is 17.2 Å². The molecule has 1 aromatic rings. The highest BCUT2D eigenvalue weighted by atomic mass is 32.1. The fourth-order valence-corrected chi connectivity index (χ4v) is 2.57. The number of rotatable bonds is 2. The minimum absolute atomic E-state index is 0.201. The van der Waals surface area contributed by atoms with Gasteiger partial charge in [-0.15, -0.1) is 0 Å². The number of thiophene rings is 1. The molecule has 0 bridgehead atoms. The maximum atomic E-state index is 11.6. The summed E-state index contributed by atoms with van der Waals surface area (Å²) >= 11 is 1.70. The fourth-order valence-electron chi connectivity index (χ4n) is 1.89. The molecular formula is C11H15NOS. The lowest BCUT2D eigenvalue weighted by Crippen LogP contribution is -2.29. The van der Waals surface area contributed by atoms with E-state index in [4.69, 9.17) is 0 Å². The van der Waals surface area contributed by atoms with Crippen LogP contribution in [0.3, 0.4) is 0 Å². The van der Waals surface area contributed by atoms with Gasteiger partial charge in [0.1, 0.15) is 0 Å². The van der Waals surface area contributed by atoms with E-state index in [0.29, 0.717) is 0 Å². The summed E-state index contributed by atoms with van der Waals surface area (Å²) < 4.78 is 0. The predicted octanol–water partition coefficient (Wildman–Crippen LogP) is 2.21. The van der Waals surface area contributed by atoms with Crippen LogP contribution in [0.25, 0.3) is 0 Å². The first-order chi connectivity index (χ1) is 6.86. The van der Waals surface area contributed by atoms with Gasteiger partial charge in [0.15, 0.2) is 0 Å². The molecule has 1 aliphatic heterocycles. The van der Waals surface area contributed by atoms with Crippen molar-refractivity contribution in [2.24, 2.45) is 5.92 Å². The summed E-state index contributed by atoms with van der Waals surface area (Å²) in [6.07, 6.45) is 4.26. The van der Waals surface area contributed by atoms with E-state index in [1.165, 1.54) is 12.0 Å². The predicted molar refractivity (Wildman–Crippen MR) is 58.4 cm³/mol. The zero-order chi connectivity index (χ0) is 9.80. The molecule has 2 heterocycles. The Kier molecular flexibility index (Phi) is 3.19. The van der Waals surface area contributed by atoms with Crippen LogP contribution in [0.1, 0.15) is 24.8 Å². The molecule has 1 aliphatic rings. The van der Waals surface area contributed by atoms with E-state index in [2.05, 4.69) is 22.1 Å². The molecular weight excluding hydrogens is 194 g/mol. The molecule has 3 heteroatoms. The third-order valence-electron chi connectivity index (χ3n) is 2.71. The molecule has 1 fully saturated rings. The summed E-state index contributed by atoms with van der Waals surface area (Å²) in [5, 5.41) is 7.18. The van der Waals surface area contributed by atoms with Crippen molar-refractivity contribution in [3.05, 3.63) is 22.4 Å². The molecule has 14 heavy (non-hydrogen) atoms. The Balaban J connectivity index is 1.98. The van der Waals surface area contributed by atoms with Gasteiger partial charge in [0, 0.05) is 12.5 Å². The maximum absolute atomic E-state index is 11.6. The molecule has 1 unspecified atom stereocenters. The lowest BCUT2D eigenvalue weighted by Gasteiger charge is -2.11. The van der Waals surface area contributed by atoms with Gasteiger partial charge in [-0.25, -0.2) is 0 Å². The Labute approximate surface area is 88.3 Å². The third kappa shape index (κ3) is 2.35. The largest absolute Gasteiger partial charge is 0.356 e. The molecule has 1 saturated heterocycles. The topological polar surface area (TPSA) is 29.1 Å². The summed E-state index contributed by atoms with van der Waals surface area (Å²) in [7, 11) is 0. The van der Waals surface area contributed by atoms with Gasteiger partial charge < -0.3 is 5.32 Å². The van der Waals surface area contributed by atoms with Gasteiger partial charge in [0.05, 0.1) is 0 Å². The maximum Gasteiger partial charge on any atom is 0.223 e. The molecule has 1 atom stereocenters. The van der Waals surface area contributed by atoms with E-state index in [-0.39, 0.29) is 11.8 Å². The number of hydrogen-bond acceptors (Lipinski definition) is 2. The van der Waals surface area contributed by atoms with Crippen molar-refractivity contribution in [2.75, 3.05) is 6.54 Å². The van der Waals surface area contributed by atoms with Crippen LogP contribution >= 0.6 is 11.3 Å². The summed E-state index contributed by atoms with van der Waals surface area (Å²) in [5.74, 6) is 0.445. The van der Waals surface area contributed by atoms with Crippen molar-refractivity contribution in [1.82, 2.24) is 5.32 Å². The second-order valence-electron chi connectivity index (χ2n) is 3.82. The van der Waals surface area contributed by atoms with Crippen LogP contribution < -0.4 is 5.32 Å². The first kappa shape index (κ1) is 9.71. The Hall–Kier alpha value is -0.830. The highest BCUT2D eigenvalue weighted by molar-refractivity contribution is 7.07. The third-order valence-corrected chi connectivity index (χ3v) is 3.44. The SMILES string of the molecule is O=C1NCCCCC1Cc1ccsc1. The van der Waals surface area contributed by atoms with Gasteiger partial charge in [-0.2, -0.15) is 11.3 Å². The van der Waals surface area contributed by atoms with Crippen LogP contribution in [0.2, 0.25) is 0 Å². The molecule has 0 spiro atoms. The highest BCUT2D eigenvalue weighted by Gasteiger charge is 2.20. The van der Waals surface area contributed by atoms with Crippen molar-refractivity contribution in [3.8, 4) is 0 Å². The number of carbonyl (C=O) groups excluding carboxylic acids is 1. The summed E-state index contributed by atoms with van der Waals surface area (Å²) in [5.41, 5.74) is 1.30. The second-order valence-corrected chi connectivity index (χ2v) is 4.60. The number of carbonyl (C=O) groups is 1. The van der Waals surface area contributed by atoms with E-state index >= 15 is 0 Å². The average molecular weight is 209 g/mol. The van der Waals surface area contributed by atoms with Gasteiger partial charge in [0.25, 0.3) is 0 Å². The Morgan fingerprint density at radius 1 is 1.50 bits per heavy atom. The fraction of sp³-hybridized carbons (Fsp3) is 0.545. The molecule has 1 N–H and O–H groups in total. The van der Waals surface area contributed by atoms with Crippen molar-refractivity contribution < 1.29 is 4.79 Å². The Morgan fingerprint density at radius 2 is 2.43 bits per heavy atom. The molecule has 0 aromatic carbocycles. The summed E-state index contributed by atoms with van der Waals surface area (Å²) in [6, 6.07) is 2.11. The molecule has 2 rings (SSSR count). The van der Waals surface area contributed by atoms with E-state index in [0.717, 1.165) is 25.8 Å².